The smallest absolute Gasteiger partial charge is 0.352 e. The molecule has 7 heteroatoms. The molecule has 0 unspecified atom stereocenters. The molecule has 0 heterocycles. The minimum atomic E-state index is -0.531. The van der Waals surface area contributed by atoms with Gasteiger partial charge in [-0.2, -0.15) is 0 Å². The maximum atomic E-state index is 11.2. The van der Waals surface area contributed by atoms with Crippen molar-refractivity contribution in [3.05, 3.63) is 52.1 Å². The van der Waals surface area contributed by atoms with Crippen LogP contribution in [0.4, 0.5) is 5.69 Å². The molecule has 0 N–H and O–H groups in total. The summed E-state index contributed by atoms with van der Waals surface area (Å²) < 4.78 is 21.1. The van der Waals surface area contributed by atoms with E-state index in [0.29, 0.717) is 17.1 Å². The van der Waals surface area contributed by atoms with Crippen LogP contribution in [-0.2, 0) is 6.61 Å². The summed E-state index contributed by atoms with van der Waals surface area (Å²) in [5, 5.41) is 11.2. The molecule has 0 amide bonds. The number of para-hydroxylation sites is 1. The highest BCUT2D eigenvalue weighted by atomic mass is 16.6. The van der Waals surface area contributed by atoms with Gasteiger partial charge in [0.15, 0.2) is 0 Å². The Kier molecular flexibility index (Phi) is 5.24. The quantitative estimate of drug-likeness (QED) is 0.576. The van der Waals surface area contributed by atoms with Crippen molar-refractivity contribution in [3.8, 4) is 23.0 Å². The predicted octanol–water partition coefficient (Wildman–Crippen LogP) is 3.20. The van der Waals surface area contributed by atoms with Crippen molar-refractivity contribution >= 4 is 5.69 Å². The summed E-state index contributed by atoms with van der Waals surface area (Å²) in [4.78, 5) is 10.7. The molecule has 0 atom stereocenters. The Hall–Kier alpha value is -2.96. The first kappa shape index (κ1) is 16.4. The zero-order chi connectivity index (χ0) is 16.8. The largest absolute Gasteiger partial charge is 0.497 e. The van der Waals surface area contributed by atoms with E-state index in [1.807, 2.05) is 0 Å². The highest BCUT2D eigenvalue weighted by Gasteiger charge is 2.22. The first-order chi connectivity index (χ1) is 11.1. The highest BCUT2D eigenvalue weighted by molar-refractivity contribution is 5.57. The van der Waals surface area contributed by atoms with Gasteiger partial charge in [-0.1, -0.05) is 6.07 Å². The van der Waals surface area contributed by atoms with Gasteiger partial charge in [-0.25, -0.2) is 0 Å². The molecule has 0 aliphatic heterocycles. The monoisotopic (exact) mass is 319 g/mol. The Labute approximate surface area is 133 Å². The highest BCUT2D eigenvalue weighted by Crippen LogP contribution is 2.37. The Bertz CT molecular complexity index is 701. The number of hydrogen-bond donors (Lipinski definition) is 0. The fourth-order valence-corrected chi connectivity index (χ4v) is 2.11. The summed E-state index contributed by atoms with van der Waals surface area (Å²) in [5.41, 5.74) is 0.501. The first-order valence-corrected chi connectivity index (χ1v) is 6.75. The number of rotatable bonds is 7. The molecule has 2 rings (SSSR count). The van der Waals surface area contributed by atoms with E-state index in [1.165, 1.54) is 19.2 Å². The summed E-state index contributed by atoms with van der Waals surface area (Å²) in [6.07, 6.45) is 0. The van der Waals surface area contributed by atoms with E-state index in [4.69, 9.17) is 18.9 Å². The molecule has 0 fully saturated rings. The van der Waals surface area contributed by atoms with E-state index in [2.05, 4.69) is 0 Å². The van der Waals surface area contributed by atoms with Gasteiger partial charge < -0.3 is 18.9 Å². The van der Waals surface area contributed by atoms with Crippen LogP contribution in [0.5, 0.6) is 23.0 Å². The topological polar surface area (TPSA) is 80.1 Å². The molecule has 0 saturated carbocycles. The normalized spacial score (nSPS) is 10.0. The molecular formula is C16H17NO6. The minimum Gasteiger partial charge on any atom is -0.497 e. The lowest BCUT2D eigenvalue weighted by Gasteiger charge is -2.12. The van der Waals surface area contributed by atoms with Crippen molar-refractivity contribution in [1.29, 1.82) is 0 Å². The molecule has 0 bridgehead atoms. The van der Waals surface area contributed by atoms with Crippen LogP contribution in [0.25, 0.3) is 0 Å². The number of ether oxygens (including phenoxy) is 4. The number of methoxy groups -OCH3 is 3. The van der Waals surface area contributed by atoms with Crippen LogP contribution in [-0.4, -0.2) is 26.3 Å². The molecular weight excluding hydrogens is 302 g/mol. The second-order valence-electron chi connectivity index (χ2n) is 4.53. The van der Waals surface area contributed by atoms with Gasteiger partial charge in [0.2, 0.25) is 11.5 Å². The maximum absolute atomic E-state index is 11.2. The van der Waals surface area contributed by atoms with Crippen molar-refractivity contribution in [3.63, 3.8) is 0 Å². The van der Waals surface area contributed by atoms with E-state index in [-0.39, 0.29) is 23.8 Å². The molecule has 0 aliphatic carbocycles. The molecule has 0 aromatic heterocycles. The summed E-state index contributed by atoms with van der Waals surface area (Å²) >= 11 is 0. The number of nitrogens with zero attached hydrogens (tertiary/aromatic N) is 1. The third-order valence-electron chi connectivity index (χ3n) is 3.24. The average molecular weight is 319 g/mol. The number of hydrogen-bond acceptors (Lipinski definition) is 6. The van der Waals surface area contributed by atoms with Crippen molar-refractivity contribution in [2.75, 3.05) is 21.3 Å². The fraction of sp³-hybridized carbons (Fsp3) is 0.250. The number of nitro groups is 1. The van der Waals surface area contributed by atoms with Crippen LogP contribution in [0.3, 0.4) is 0 Å². The maximum Gasteiger partial charge on any atom is 0.352 e. The van der Waals surface area contributed by atoms with Gasteiger partial charge in [0.25, 0.3) is 0 Å². The van der Waals surface area contributed by atoms with Crippen molar-refractivity contribution < 1.29 is 23.9 Å². The van der Waals surface area contributed by atoms with Crippen LogP contribution in [0.15, 0.2) is 36.4 Å². The lowest BCUT2D eigenvalue weighted by molar-refractivity contribution is -0.386. The molecule has 0 aliphatic rings. The van der Waals surface area contributed by atoms with Crippen molar-refractivity contribution in [1.82, 2.24) is 0 Å². The fourth-order valence-electron chi connectivity index (χ4n) is 2.11. The summed E-state index contributed by atoms with van der Waals surface area (Å²) in [5.74, 6) is 1.52. The molecule has 0 spiro atoms. The lowest BCUT2D eigenvalue weighted by Crippen LogP contribution is -2.02. The van der Waals surface area contributed by atoms with Gasteiger partial charge in [0, 0.05) is 5.56 Å². The van der Waals surface area contributed by atoms with Gasteiger partial charge in [0.05, 0.1) is 26.3 Å². The predicted molar refractivity (Wildman–Crippen MR) is 83.5 cm³/mol. The summed E-state index contributed by atoms with van der Waals surface area (Å²) in [6, 6.07) is 9.92. The Morgan fingerprint density at radius 1 is 0.957 bits per heavy atom. The average Bonchev–Trinajstić information content (AvgIpc) is 2.58. The summed E-state index contributed by atoms with van der Waals surface area (Å²) in [6.45, 7) is 0.0916. The first-order valence-electron chi connectivity index (χ1n) is 6.75. The van der Waals surface area contributed by atoms with Gasteiger partial charge >= 0.3 is 5.69 Å². The van der Waals surface area contributed by atoms with Crippen LogP contribution in [0, 0.1) is 10.1 Å². The molecule has 0 saturated heterocycles. The second-order valence-corrected chi connectivity index (χ2v) is 4.53. The standard InChI is InChI=1S/C16H17NO6/c1-20-12-7-8-13(21-2)11(9-12)10-23-15-6-4-5-14(22-3)16(15)17(18)19/h4-9H,10H2,1-3H3. The van der Waals surface area contributed by atoms with Gasteiger partial charge in [0.1, 0.15) is 18.1 Å². The zero-order valence-electron chi connectivity index (χ0n) is 13.1. The van der Waals surface area contributed by atoms with E-state index in [0.717, 1.165) is 0 Å². The third kappa shape index (κ3) is 3.63. The van der Waals surface area contributed by atoms with E-state index in [9.17, 15) is 10.1 Å². The zero-order valence-corrected chi connectivity index (χ0v) is 13.1. The third-order valence-corrected chi connectivity index (χ3v) is 3.24. The SMILES string of the molecule is COc1ccc(OC)c(COc2cccc(OC)c2[N+](=O)[O-])c1. The van der Waals surface area contributed by atoms with Crippen LogP contribution in [0.2, 0.25) is 0 Å². The van der Waals surface area contributed by atoms with Crippen LogP contribution < -0.4 is 18.9 Å². The molecule has 2 aromatic rings. The number of benzene rings is 2. The second kappa shape index (κ2) is 7.35. The van der Waals surface area contributed by atoms with Crippen LogP contribution >= 0.6 is 0 Å². The number of nitro benzene ring substituents is 1. The molecule has 0 radical (unpaired) electrons. The Morgan fingerprint density at radius 2 is 1.65 bits per heavy atom. The minimum absolute atomic E-state index is 0.0916. The van der Waals surface area contributed by atoms with Crippen molar-refractivity contribution in [2.24, 2.45) is 0 Å². The van der Waals surface area contributed by atoms with E-state index >= 15 is 0 Å². The molecule has 2 aromatic carbocycles. The van der Waals surface area contributed by atoms with Crippen LogP contribution in [0.1, 0.15) is 5.56 Å². The molecule has 23 heavy (non-hydrogen) atoms. The van der Waals surface area contributed by atoms with Gasteiger partial charge in [-0.05, 0) is 30.3 Å². The lowest BCUT2D eigenvalue weighted by atomic mass is 10.2. The van der Waals surface area contributed by atoms with E-state index < -0.39 is 4.92 Å². The Morgan fingerprint density at radius 3 is 2.26 bits per heavy atom. The van der Waals surface area contributed by atoms with Crippen molar-refractivity contribution in [2.45, 2.75) is 6.61 Å². The van der Waals surface area contributed by atoms with Gasteiger partial charge in [-0.3, -0.25) is 10.1 Å². The Balaban J connectivity index is 2.29. The molecule has 7 nitrogen and oxygen atoms in total. The summed E-state index contributed by atoms with van der Waals surface area (Å²) in [7, 11) is 4.47. The molecule has 122 valence electrons. The van der Waals surface area contributed by atoms with Gasteiger partial charge in [-0.15, -0.1) is 0 Å². The van der Waals surface area contributed by atoms with E-state index in [1.54, 1.807) is 38.5 Å².